The number of rotatable bonds is 3. The molecule has 3 heterocycles. The molecule has 0 saturated carbocycles. The van der Waals surface area contributed by atoms with E-state index in [1.165, 1.54) is 11.8 Å². The van der Waals surface area contributed by atoms with Gasteiger partial charge in [0.25, 0.3) is 5.22 Å². The summed E-state index contributed by atoms with van der Waals surface area (Å²) in [5.74, 6) is 0.943. The van der Waals surface area contributed by atoms with Gasteiger partial charge < -0.3 is 14.1 Å². The number of thioether (sulfide) groups is 1. The summed E-state index contributed by atoms with van der Waals surface area (Å²) in [6, 6.07) is 14.8. The average molecular weight is 394 g/mol. The van der Waals surface area contributed by atoms with Crippen LogP contribution in [0.25, 0.3) is 11.1 Å². The van der Waals surface area contributed by atoms with Gasteiger partial charge >= 0.3 is 0 Å². The maximum absolute atomic E-state index is 12.7. The van der Waals surface area contributed by atoms with Gasteiger partial charge in [0.2, 0.25) is 5.91 Å². The highest BCUT2D eigenvalue weighted by Gasteiger charge is 2.46. The number of benzene rings is 2. The Morgan fingerprint density at radius 1 is 1.18 bits per heavy atom. The molecule has 3 aromatic rings. The van der Waals surface area contributed by atoms with Crippen LogP contribution < -0.4 is 4.74 Å². The van der Waals surface area contributed by atoms with Crippen molar-refractivity contribution in [3.8, 4) is 5.75 Å². The van der Waals surface area contributed by atoms with Crippen LogP contribution in [0.3, 0.4) is 0 Å². The topological polar surface area (TPSA) is 72.6 Å². The monoisotopic (exact) mass is 394 g/mol. The van der Waals surface area contributed by atoms with E-state index in [0.717, 1.165) is 5.52 Å². The van der Waals surface area contributed by atoms with Gasteiger partial charge in [-0.25, -0.2) is 4.98 Å². The van der Waals surface area contributed by atoms with Crippen molar-refractivity contribution in [2.24, 2.45) is 0 Å². The number of carbonyl (C=O) groups is 2. The van der Waals surface area contributed by atoms with Gasteiger partial charge in [-0.05, 0) is 24.3 Å². The first kappa shape index (κ1) is 17.3. The summed E-state index contributed by atoms with van der Waals surface area (Å²) in [6.45, 7) is 1.02. The van der Waals surface area contributed by atoms with Crippen molar-refractivity contribution in [2.75, 3.05) is 18.8 Å². The van der Waals surface area contributed by atoms with E-state index in [1.54, 1.807) is 11.0 Å². The molecule has 6 nitrogen and oxygen atoms in total. The zero-order valence-electron chi connectivity index (χ0n) is 15.1. The molecule has 1 amide bonds. The predicted octanol–water partition coefficient (Wildman–Crippen LogP) is 3.56. The Balaban J connectivity index is 1.24. The molecule has 2 aliphatic heterocycles. The number of carbonyl (C=O) groups excluding carboxylic acids is 2. The van der Waals surface area contributed by atoms with Crippen molar-refractivity contribution in [1.29, 1.82) is 0 Å². The Labute approximate surface area is 165 Å². The van der Waals surface area contributed by atoms with E-state index in [0.29, 0.717) is 48.0 Å². The average Bonchev–Trinajstić information content (AvgIpc) is 3.30. The van der Waals surface area contributed by atoms with E-state index in [4.69, 9.17) is 9.15 Å². The molecule has 28 heavy (non-hydrogen) atoms. The number of hydrogen-bond acceptors (Lipinski definition) is 6. The molecule has 1 spiro atoms. The van der Waals surface area contributed by atoms with Gasteiger partial charge in [-0.1, -0.05) is 36.0 Å². The lowest BCUT2D eigenvalue weighted by Gasteiger charge is -2.34. The van der Waals surface area contributed by atoms with Crippen molar-refractivity contribution < 1.29 is 18.7 Å². The molecule has 0 bridgehead atoms. The van der Waals surface area contributed by atoms with Gasteiger partial charge in [0.1, 0.15) is 16.9 Å². The van der Waals surface area contributed by atoms with E-state index in [9.17, 15) is 9.59 Å². The Bertz CT molecular complexity index is 1050. The number of nitrogens with zero attached hydrogens (tertiary/aromatic N) is 2. The molecule has 2 aromatic carbocycles. The first-order valence-electron chi connectivity index (χ1n) is 9.19. The van der Waals surface area contributed by atoms with Gasteiger partial charge in [0, 0.05) is 13.0 Å². The van der Waals surface area contributed by atoms with Crippen LogP contribution in [-0.4, -0.2) is 46.0 Å². The normalized spacial score (nSPS) is 21.1. The van der Waals surface area contributed by atoms with Crippen molar-refractivity contribution in [2.45, 2.75) is 23.7 Å². The standard InChI is InChI=1S/C21H18N2O4S/c24-16-11-21(27-17-7-3-1-5-14(16)17)9-10-23(13-21)19(25)12-28-20-22-15-6-2-4-8-18(15)26-20/h1-8H,9-13H2. The molecule has 0 N–H and O–H groups in total. The number of amides is 1. The van der Waals surface area contributed by atoms with E-state index < -0.39 is 5.60 Å². The molecule has 0 aliphatic carbocycles. The van der Waals surface area contributed by atoms with Crippen LogP contribution in [0.1, 0.15) is 23.2 Å². The minimum atomic E-state index is -0.608. The number of aromatic nitrogens is 1. The van der Waals surface area contributed by atoms with Gasteiger partial charge in [-0.15, -0.1) is 0 Å². The van der Waals surface area contributed by atoms with E-state index in [1.807, 2.05) is 42.5 Å². The van der Waals surface area contributed by atoms with Gasteiger partial charge in [0.05, 0.1) is 24.3 Å². The number of oxazole rings is 1. The Morgan fingerprint density at radius 2 is 2.00 bits per heavy atom. The van der Waals surface area contributed by atoms with E-state index in [2.05, 4.69) is 4.98 Å². The maximum Gasteiger partial charge on any atom is 0.257 e. The fourth-order valence-corrected chi connectivity index (χ4v) is 4.60. The second kappa shape index (κ2) is 6.67. The van der Waals surface area contributed by atoms with Crippen LogP contribution in [0.4, 0.5) is 0 Å². The molecular weight excluding hydrogens is 376 g/mol. The van der Waals surface area contributed by atoms with E-state index >= 15 is 0 Å². The molecule has 1 fully saturated rings. The zero-order chi connectivity index (χ0) is 19.1. The second-order valence-electron chi connectivity index (χ2n) is 7.18. The maximum atomic E-state index is 12.7. The summed E-state index contributed by atoms with van der Waals surface area (Å²) in [7, 11) is 0. The van der Waals surface area contributed by atoms with Crippen LogP contribution in [0.15, 0.2) is 58.2 Å². The van der Waals surface area contributed by atoms with Gasteiger partial charge in [-0.3, -0.25) is 9.59 Å². The van der Waals surface area contributed by atoms with Crippen LogP contribution in [0.2, 0.25) is 0 Å². The molecule has 1 saturated heterocycles. The SMILES string of the molecule is O=C1CC2(CCN(C(=O)CSc3nc4ccccc4o3)C2)Oc2ccccc21. The summed E-state index contributed by atoms with van der Waals surface area (Å²) in [5, 5.41) is 0.487. The first-order chi connectivity index (χ1) is 13.6. The lowest BCUT2D eigenvalue weighted by molar-refractivity contribution is -0.128. The zero-order valence-corrected chi connectivity index (χ0v) is 15.9. The van der Waals surface area contributed by atoms with Crippen molar-refractivity contribution in [3.63, 3.8) is 0 Å². The summed E-state index contributed by atoms with van der Waals surface area (Å²) < 4.78 is 11.8. The highest BCUT2D eigenvalue weighted by molar-refractivity contribution is 7.99. The predicted molar refractivity (Wildman–Crippen MR) is 105 cm³/mol. The lowest BCUT2D eigenvalue weighted by atomic mass is 9.89. The van der Waals surface area contributed by atoms with Gasteiger partial charge in [0.15, 0.2) is 11.4 Å². The fourth-order valence-electron chi connectivity index (χ4n) is 3.86. The molecule has 2 aliphatic rings. The largest absolute Gasteiger partial charge is 0.484 e. The summed E-state index contributed by atoms with van der Waals surface area (Å²) in [4.78, 5) is 31.4. The lowest BCUT2D eigenvalue weighted by Crippen LogP contribution is -2.45. The number of fused-ring (bicyclic) bond motifs is 2. The third kappa shape index (κ3) is 3.05. The molecule has 142 valence electrons. The Hall–Kier alpha value is -2.80. The smallest absolute Gasteiger partial charge is 0.257 e. The first-order valence-corrected chi connectivity index (χ1v) is 10.2. The highest BCUT2D eigenvalue weighted by atomic mass is 32.2. The molecule has 1 atom stereocenters. The molecule has 5 rings (SSSR count). The third-order valence-corrected chi connectivity index (χ3v) is 6.07. The van der Waals surface area contributed by atoms with Crippen LogP contribution >= 0.6 is 11.8 Å². The second-order valence-corrected chi connectivity index (χ2v) is 8.11. The third-order valence-electron chi connectivity index (χ3n) is 5.26. The molecule has 1 aromatic heterocycles. The summed E-state index contributed by atoms with van der Waals surface area (Å²) in [5.41, 5.74) is 1.52. The number of hydrogen-bond donors (Lipinski definition) is 0. The molecule has 7 heteroatoms. The fraction of sp³-hybridized carbons (Fsp3) is 0.286. The highest BCUT2D eigenvalue weighted by Crippen LogP contribution is 2.38. The summed E-state index contributed by atoms with van der Waals surface area (Å²) in [6.07, 6.45) is 0.971. The minimum absolute atomic E-state index is 0.000890. The number of Topliss-reactive ketones (excluding diaryl/α,β-unsaturated/α-hetero) is 1. The number of ketones is 1. The molecule has 0 radical (unpaired) electrons. The van der Waals surface area contributed by atoms with Crippen LogP contribution in [0.5, 0.6) is 5.75 Å². The van der Waals surface area contributed by atoms with Crippen LogP contribution in [0, 0.1) is 0 Å². The van der Waals surface area contributed by atoms with E-state index in [-0.39, 0.29) is 17.4 Å². The van der Waals surface area contributed by atoms with Crippen molar-refractivity contribution >= 4 is 34.6 Å². The van der Waals surface area contributed by atoms with Gasteiger partial charge in [-0.2, -0.15) is 0 Å². The minimum Gasteiger partial charge on any atom is -0.484 e. The Kier molecular flexibility index (Phi) is 4.12. The molecular formula is C21H18N2O4S. The number of para-hydroxylation sites is 3. The van der Waals surface area contributed by atoms with Crippen molar-refractivity contribution in [3.05, 3.63) is 54.1 Å². The summed E-state index contributed by atoms with van der Waals surface area (Å²) >= 11 is 1.29. The molecule has 1 unspecified atom stereocenters. The number of likely N-dealkylation sites (tertiary alicyclic amines) is 1. The Morgan fingerprint density at radius 3 is 2.89 bits per heavy atom. The van der Waals surface area contributed by atoms with Crippen LogP contribution in [-0.2, 0) is 4.79 Å². The number of ether oxygens (including phenoxy) is 1. The quantitative estimate of drug-likeness (QED) is 0.633. The van der Waals surface area contributed by atoms with Crippen molar-refractivity contribution in [1.82, 2.24) is 9.88 Å².